The minimum absolute atomic E-state index is 0.770. The van der Waals surface area contributed by atoms with E-state index in [-0.39, 0.29) is 0 Å². The zero-order chi connectivity index (χ0) is 10.6. The van der Waals surface area contributed by atoms with Crippen molar-refractivity contribution in [1.82, 2.24) is 4.90 Å². The van der Waals surface area contributed by atoms with Crippen LogP contribution < -0.4 is 11.8 Å². The Bertz CT molecular complexity index is 111. The first-order valence-electron chi connectivity index (χ1n) is 3.80. The predicted molar refractivity (Wildman–Crippen MR) is 55.1 cm³/mol. The Balaban J connectivity index is 3.07. The van der Waals surface area contributed by atoms with Crippen molar-refractivity contribution in [3.63, 3.8) is 0 Å². The van der Waals surface area contributed by atoms with E-state index in [1.54, 1.807) is 0 Å². The van der Waals surface area contributed by atoms with Gasteiger partial charge in [-0.15, -0.1) is 18.6 Å². The monoisotopic (exact) mass is 245 g/mol. The normalized spacial score (nSPS) is 11.1. The first-order chi connectivity index (χ1) is 6.81. The first kappa shape index (κ1) is 14.4. The van der Waals surface area contributed by atoms with Gasteiger partial charge in [0.2, 0.25) is 0 Å². The fourth-order valence-electron chi connectivity index (χ4n) is 0.622. The fourth-order valence-corrected chi connectivity index (χ4v) is 1.64. The molecule has 0 aromatic heterocycles. The largest absolute Gasteiger partial charge is 0.305 e. The molecule has 0 aliphatic heterocycles. The molecule has 0 aromatic carbocycles. The van der Waals surface area contributed by atoms with Crippen molar-refractivity contribution in [2.45, 2.75) is 0 Å². The third kappa shape index (κ3) is 10.5. The lowest BCUT2D eigenvalue weighted by Gasteiger charge is -2.14. The summed E-state index contributed by atoms with van der Waals surface area (Å²) in [5.41, 5.74) is 0. The summed E-state index contributed by atoms with van der Waals surface area (Å²) in [7, 11) is 1.98. The maximum Gasteiger partial charge on any atom is 0.0357 e. The number of hydrogen-bond donors (Lipinski definition) is 2. The van der Waals surface area contributed by atoms with Crippen LogP contribution in [-0.4, -0.2) is 36.5 Å². The summed E-state index contributed by atoms with van der Waals surface area (Å²) < 4.78 is 8.86. The molecule has 0 unspecified atom stereocenters. The predicted octanol–water partition coefficient (Wildman–Crippen LogP) is -0.142. The van der Waals surface area contributed by atoms with E-state index in [0.29, 0.717) is 0 Å². The van der Waals surface area contributed by atoms with Gasteiger partial charge in [-0.2, -0.15) is 11.8 Å². The quantitative estimate of drug-likeness (QED) is 0.236. The zero-order valence-electron chi connectivity index (χ0n) is 7.88. The fraction of sp³-hybridized carbons (Fsp3) is 1.00. The van der Waals surface area contributed by atoms with E-state index in [0.717, 1.165) is 48.7 Å². The summed E-state index contributed by atoms with van der Waals surface area (Å²) in [6, 6.07) is 0. The first-order valence-corrected chi connectivity index (χ1v) is 5.62. The van der Waals surface area contributed by atoms with Crippen molar-refractivity contribution in [3.8, 4) is 0 Å². The highest BCUT2D eigenvalue weighted by molar-refractivity contribution is 7.94. The molecule has 0 atom stereocenters. The third-order valence-corrected chi connectivity index (χ3v) is 2.34. The average molecular weight is 245 g/mol. The smallest absolute Gasteiger partial charge is 0.0357 e. The summed E-state index contributed by atoms with van der Waals surface area (Å²) in [5, 5.41) is 0. The Morgan fingerprint density at radius 2 is 1.43 bits per heavy atom. The van der Waals surface area contributed by atoms with Crippen LogP contribution in [0.15, 0.2) is 0 Å². The molecule has 0 fully saturated rings. The van der Waals surface area contributed by atoms with Gasteiger partial charge in [0.25, 0.3) is 0 Å². The topological polar surface area (TPSA) is 92.2 Å². The maximum absolute atomic E-state index is 4.66. The van der Waals surface area contributed by atoms with Gasteiger partial charge >= 0.3 is 0 Å². The molecule has 14 heavy (non-hydrogen) atoms. The lowest BCUT2D eigenvalue weighted by Crippen LogP contribution is -2.24. The number of rotatable bonds is 10. The lowest BCUT2D eigenvalue weighted by molar-refractivity contribution is -0.195. The molecule has 0 saturated heterocycles. The number of nitrogens with two attached hydrogens (primary N) is 2. The van der Waals surface area contributed by atoms with Gasteiger partial charge < -0.3 is 4.90 Å². The Morgan fingerprint density at radius 1 is 1.00 bits per heavy atom. The second-order valence-corrected chi connectivity index (χ2v) is 3.84. The van der Waals surface area contributed by atoms with Gasteiger partial charge in [0.1, 0.15) is 0 Å². The Labute approximate surface area is 91.5 Å². The Hall–Kier alpha value is 0.420. The van der Waals surface area contributed by atoms with Crippen LogP contribution in [0.2, 0.25) is 0 Å². The molecule has 7 nitrogen and oxygen atoms in total. The minimum Gasteiger partial charge on any atom is -0.305 e. The Kier molecular flexibility index (Phi) is 11.8. The molecule has 0 aromatic rings. The lowest BCUT2D eigenvalue weighted by atomic mass is 10.6. The van der Waals surface area contributed by atoms with Gasteiger partial charge in [-0.3, -0.25) is 0 Å². The van der Waals surface area contributed by atoms with Crippen molar-refractivity contribution in [1.29, 1.82) is 0 Å². The molecule has 4 N–H and O–H groups in total. The number of hydrogen-bond acceptors (Lipinski definition) is 9. The molecule has 0 amide bonds. The molecular weight excluding hydrogens is 230 g/mol. The number of nitrogens with zero attached hydrogens (tertiary/aromatic N) is 1. The molecule has 0 radical (unpaired) electrons. The van der Waals surface area contributed by atoms with Gasteiger partial charge in [0, 0.05) is 48.7 Å². The van der Waals surface area contributed by atoms with E-state index in [9.17, 15) is 0 Å². The van der Waals surface area contributed by atoms with E-state index in [1.807, 2.05) is 7.05 Å². The highest BCUT2D eigenvalue weighted by atomic mass is 32.2. The van der Waals surface area contributed by atoms with Crippen LogP contribution in [0.4, 0.5) is 0 Å². The van der Waals surface area contributed by atoms with Gasteiger partial charge in [-0.05, 0) is 7.05 Å². The van der Waals surface area contributed by atoms with E-state index in [4.69, 9.17) is 0 Å². The standard InChI is InChI=1S/C5H15N3O4S2/c1-8(2-4-13-11-9-6)3-5-14-12-10-7/h2-7H2,1H3. The molecule has 0 aliphatic rings. The summed E-state index contributed by atoms with van der Waals surface area (Å²) >= 11 is 2.31. The molecule has 0 heterocycles. The van der Waals surface area contributed by atoms with Crippen molar-refractivity contribution in [2.75, 3.05) is 31.6 Å². The molecule has 0 saturated carbocycles. The van der Waals surface area contributed by atoms with Gasteiger partial charge in [0.05, 0.1) is 0 Å². The van der Waals surface area contributed by atoms with E-state index < -0.39 is 0 Å². The molecule has 0 rings (SSSR count). The second kappa shape index (κ2) is 11.5. The van der Waals surface area contributed by atoms with Crippen LogP contribution in [-0.2, 0) is 18.6 Å². The van der Waals surface area contributed by atoms with Gasteiger partial charge in [0.15, 0.2) is 0 Å². The summed E-state index contributed by atoms with van der Waals surface area (Å²) in [4.78, 5) is 9.95. The van der Waals surface area contributed by atoms with E-state index in [2.05, 4.69) is 35.3 Å². The van der Waals surface area contributed by atoms with Crippen molar-refractivity contribution < 1.29 is 18.6 Å². The van der Waals surface area contributed by atoms with Crippen LogP contribution in [0.1, 0.15) is 0 Å². The average Bonchev–Trinajstić information content (AvgIpc) is 2.19. The van der Waals surface area contributed by atoms with Crippen LogP contribution in [0.3, 0.4) is 0 Å². The second-order valence-electron chi connectivity index (χ2n) is 2.28. The van der Waals surface area contributed by atoms with Crippen LogP contribution >= 0.6 is 24.1 Å². The molecule has 0 bridgehead atoms. The zero-order valence-corrected chi connectivity index (χ0v) is 9.51. The SMILES string of the molecule is CN(CCSOON)CCSOON. The van der Waals surface area contributed by atoms with Crippen LogP contribution in [0.5, 0.6) is 0 Å². The molecule has 9 heteroatoms. The van der Waals surface area contributed by atoms with Crippen LogP contribution in [0.25, 0.3) is 0 Å². The summed E-state index contributed by atoms with van der Waals surface area (Å²) in [5.74, 6) is 10.9. The minimum atomic E-state index is 0.770. The van der Waals surface area contributed by atoms with E-state index >= 15 is 0 Å². The molecule has 86 valence electrons. The van der Waals surface area contributed by atoms with E-state index in [1.165, 1.54) is 0 Å². The third-order valence-electron chi connectivity index (χ3n) is 1.29. The highest BCUT2D eigenvalue weighted by Gasteiger charge is 1.99. The van der Waals surface area contributed by atoms with Crippen molar-refractivity contribution in [2.24, 2.45) is 11.8 Å². The maximum atomic E-state index is 4.66. The highest BCUT2D eigenvalue weighted by Crippen LogP contribution is 2.04. The Morgan fingerprint density at radius 3 is 1.79 bits per heavy atom. The summed E-state index contributed by atoms with van der Waals surface area (Å²) in [6.07, 6.45) is 0. The van der Waals surface area contributed by atoms with Crippen LogP contribution in [0, 0.1) is 0 Å². The van der Waals surface area contributed by atoms with Gasteiger partial charge in [-0.25, -0.2) is 0 Å². The summed E-state index contributed by atoms with van der Waals surface area (Å²) in [6.45, 7) is 1.72. The van der Waals surface area contributed by atoms with Crippen molar-refractivity contribution in [3.05, 3.63) is 0 Å². The van der Waals surface area contributed by atoms with Crippen molar-refractivity contribution >= 4 is 24.1 Å². The molecular formula is C5H15N3O4S2. The molecule has 0 spiro atoms. The molecule has 0 aliphatic carbocycles. The van der Waals surface area contributed by atoms with Gasteiger partial charge in [-0.1, -0.05) is 0 Å².